The molecule has 36 heavy (non-hydrogen) atoms. The van der Waals surface area contributed by atoms with E-state index in [1.165, 1.54) is 47.5 Å². The lowest BCUT2D eigenvalue weighted by molar-refractivity contribution is -0.137. The number of hydrogen-bond acceptors (Lipinski definition) is 4. The Morgan fingerprint density at radius 1 is 1.14 bits per heavy atom. The molecule has 4 rings (SSSR count). The number of hydrogen-bond donors (Lipinski definition) is 0. The van der Waals surface area contributed by atoms with E-state index in [-0.39, 0.29) is 35.3 Å². The average molecular weight is 524 g/mol. The first-order valence-electron chi connectivity index (χ1n) is 11.4. The molecule has 0 radical (unpaired) electrons. The van der Waals surface area contributed by atoms with E-state index in [2.05, 4.69) is 4.98 Å². The van der Waals surface area contributed by atoms with Gasteiger partial charge in [-0.05, 0) is 62.6 Å². The summed E-state index contributed by atoms with van der Waals surface area (Å²) in [5.74, 6) is -1.45. The molecule has 0 unspecified atom stereocenters. The zero-order valence-corrected chi connectivity index (χ0v) is 20.5. The minimum absolute atomic E-state index is 0.00650. The molecule has 11 heteroatoms. The van der Waals surface area contributed by atoms with Crippen LogP contribution in [-0.2, 0) is 28.3 Å². The SMILES string of the molecule is CC(C)N(Cc1cnc(S(=O)(=O)Cc2cccc(C(F)(F)F)c2)n1C1CC1)C(=O)c1ccc(F)cc1. The van der Waals surface area contributed by atoms with Crippen LogP contribution in [0.5, 0.6) is 0 Å². The van der Waals surface area contributed by atoms with Gasteiger partial charge in [-0.15, -0.1) is 0 Å². The third-order valence-corrected chi connectivity index (χ3v) is 7.52. The van der Waals surface area contributed by atoms with Crippen molar-refractivity contribution in [3.05, 3.63) is 82.9 Å². The summed E-state index contributed by atoms with van der Waals surface area (Å²) in [7, 11) is -4.08. The average Bonchev–Trinajstić information content (AvgIpc) is 3.55. The van der Waals surface area contributed by atoms with Crippen molar-refractivity contribution in [2.75, 3.05) is 0 Å². The second-order valence-electron chi connectivity index (χ2n) is 9.12. The van der Waals surface area contributed by atoms with Crippen LogP contribution >= 0.6 is 0 Å². The van der Waals surface area contributed by atoms with Gasteiger partial charge in [0.15, 0.2) is 0 Å². The number of alkyl halides is 3. The third-order valence-electron chi connectivity index (χ3n) is 5.95. The predicted molar refractivity (Wildman–Crippen MR) is 124 cm³/mol. The highest BCUT2D eigenvalue weighted by Gasteiger charge is 2.35. The fourth-order valence-electron chi connectivity index (χ4n) is 3.99. The van der Waals surface area contributed by atoms with Crippen molar-refractivity contribution < 1.29 is 30.8 Å². The number of halogens is 4. The molecular formula is C25H25F4N3O3S. The molecule has 1 fully saturated rings. The number of rotatable bonds is 8. The summed E-state index contributed by atoms with van der Waals surface area (Å²) in [5.41, 5.74) is -0.121. The van der Waals surface area contributed by atoms with Crippen molar-refractivity contribution >= 4 is 15.7 Å². The van der Waals surface area contributed by atoms with Crippen molar-refractivity contribution in [3.8, 4) is 0 Å². The highest BCUT2D eigenvalue weighted by atomic mass is 32.2. The Bertz CT molecular complexity index is 1360. The van der Waals surface area contributed by atoms with Gasteiger partial charge in [-0.1, -0.05) is 18.2 Å². The van der Waals surface area contributed by atoms with Gasteiger partial charge in [-0.25, -0.2) is 17.8 Å². The summed E-state index contributed by atoms with van der Waals surface area (Å²) < 4.78 is 80.6. The van der Waals surface area contributed by atoms with Crippen LogP contribution in [0.3, 0.4) is 0 Å². The molecule has 1 aliphatic carbocycles. The Labute approximate surface area is 206 Å². The Morgan fingerprint density at radius 2 is 1.81 bits per heavy atom. The number of benzene rings is 2. The van der Waals surface area contributed by atoms with Gasteiger partial charge in [0.05, 0.1) is 29.8 Å². The monoisotopic (exact) mass is 523 g/mol. The summed E-state index contributed by atoms with van der Waals surface area (Å²) in [6.07, 6.45) is -1.74. The van der Waals surface area contributed by atoms with Crippen LogP contribution in [0.1, 0.15) is 59.9 Å². The minimum atomic E-state index is -4.59. The molecule has 0 spiro atoms. The maximum absolute atomic E-state index is 13.3. The van der Waals surface area contributed by atoms with Crippen LogP contribution in [0.15, 0.2) is 59.9 Å². The Morgan fingerprint density at radius 3 is 2.39 bits per heavy atom. The first kappa shape index (κ1) is 25.9. The van der Waals surface area contributed by atoms with E-state index < -0.39 is 33.1 Å². The van der Waals surface area contributed by atoms with Crippen LogP contribution in [0.25, 0.3) is 0 Å². The largest absolute Gasteiger partial charge is 0.416 e. The molecule has 1 heterocycles. The fourth-order valence-corrected chi connectivity index (χ4v) is 5.52. The Kier molecular flexibility index (Phi) is 6.96. The summed E-state index contributed by atoms with van der Waals surface area (Å²) in [6.45, 7) is 3.69. The van der Waals surface area contributed by atoms with Gasteiger partial charge in [0, 0.05) is 17.6 Å². The number of aromatic nitrogens is 2. The molecule has 0 saturated heterocycles. The van der Waals surface area contributed by atoms with Gasteiger partial charge < -0.3 is 9.47 Å². The molecule has 0 atom stereocenters. The van der Waals surface area contributed by atoms with E-state index in [0.29, 0.717) is 11.3 Å². The molecule has 6 nitrogen and oxygen atoms in total. The van der Waals surface area contributed by atoms with E-state index in [1.807, 2.05) is 13.8 Å². The van der Waals surface area contributed by atoms with E-state index in [0.717, 1.165) is 25.0 Å². The minimum Gasteiger partial charge on any atom is -0.330 e. The number of sulfone groups is 1. The van der Waals surface area contributed by atoms with Gasteiger partial charge in [-0.3, -0.25) is 4.79 Å². The van der Waals surface area contributed by atoms with Gasteiger partial charge in [0.2, 0.25) is 15.0 Å². The summed E-state index contributed by atoms with van der Waals surface area (Å²) in [5, 5.41) is -0.227. The number of nitrogens with zero attached hydrogens (tertiary/aromatic N) is 3. The maximum atomic E-state index is 13.3. The molecule has 2 aromatic carbocycles. The summed E-state index contributed by atoms with van der Waals surface area (Å²) in [4.78, 5) is 18.8. The lowest BCUT2D eigenvalue weighted by Crippen LogP contribution is -2.37. The van der Waals surface area contributed by atoms with Crippen LogP contribution in [-0.4, -0.2) is 34.8 Å². The van der Waals surface area contributed by atoms with Crippen LogP contribution in [0.2, 0.25) is 0 Å². The second kappa shape index (κ2) is 9.68. The molecular weight excluding hydrogens is 498 g/mol. The predicted octanol–water partition coefficient (Wildman–Crippen LogP) is 5.40. The van der Waals surface area contributed by atoms with Crippen molar-refractivity contribution in [1.29, 1.82) is 0 Å². The van der Waals surface area contributed by atoms with Crippen molar-refractivity contribution in [2.24, 2.45) is 0 Å². The highest BCUT2D eigenvalue weighted by molar-refractivity contribution is 7.90. The van der Waals surface area contributed by atoms with Crippen molar-refractivity contribution in [2.45, 2.75) is 62.4 Å². The Hall–Kier alpha value is -3.21. The van der Waals surface area contributed by atoms with Crippen LogP contribution < -0.4 is 0 Å². The summed E-state index contributed by atoms with van der Waals surface area (Å²) in [6, 6.07) is 9.00. The molecule has 0 bridgehead atoms. The van der Waals surface area contributed by atoms with Gasteiger partial charge in [0.1, 0.15) is 5.82 Å². The number of carbonyl (C=O) groups is 1. The highest BCUT2D eigenvalue weighted by Crippen LogP contribution is 2.39. The fraction of sp³-hybridized carbons (Fsp3) is 0.360. The molecule has 0 aliphatic heterocycles. The lowest BCUT2D eigenvalue weighted by atomic mass is 10.1. The van der Waals surface area contributed by atoms with Crippen molar-refractivity contribution in [1.82, 2.24) is 14.5 Å². The molecule has 192 valence electrons. The zero-order chi connectivity index (χ0) is 26.3. The summed E-state index contributed by atoms with van der Waals surface area (Å²) >= 11 is 0. The van der Waals surface area contributed by atoms with Gasteiger partial charge in [-0.2, -0.15) is 13.2 Å². The van der Waals surface area contributed by atoms with Crippen LogP contribution in [0.4, 0.5) is 17.6 Å². The lowest BCUT2D eigenvalue weighted by Gasteiger charge is -2.27. The maximum Gasteiger partial charge on any atom is 0.416 e. The first-order chi connectivity index (χ1) is 16.9. The van der Waals surface area contributed by atoms with E-state index in [4.69, 9.17) is 0 Å². The molecule has 1 aliphatic rings. The third kappa shape index (κ3) is 5.61. The number of imidazole rings is 1. The normalized spacial score (nSPS) is 14.3. The van der Waals surface area contributed by atoms with Crippen molar-refractivity contribution in [3.63, 3.8) is 0 Å². The van der Waals surface area contributed by atoms with Crippen LogP contribution in [0, 0.1) is 5.82 Å². The molecule has 3 aromatic rings. The quantitative estimate of drug-likeness (QED) is 0.371. The van der Waals surface area contributed by atoms with E-state index in [1.54, 1.807) is 4.57 Å². The topological polar surface area (TPSA) is 72.3 Å². The molecule has 1 amide bonds. The first-order valence-corrected chi connectivity index (χ1v) is 13.0. The smallest absolute Gasteiger partial charge is 0.330 e. The van der Waals surface area contributed by atoms with E-state index in [9.17, 15) is 30.8 Å². The van der Waals surface area contributed by atoms with Gasteiger partial charge >= 0.3 is 6.18 Å². The second-order valence-corrected chi connectivity index (χ2v) is 11.0. The van der Waals surface area contributed by atoms with Gasteiger partial charge in [0.25, 0.3) is 5.91 Å². The number of amides is 1. The standard InChI is InChI=1S/C25H25F4N3O3S/c1-16(2)31(23(33)18-6-8-20(26)9-7-18)14-22-13-30-24(32(22)21-10-11-21)36(34,35)15-17-4-3-5-19(12-17)25(27,28)29/h3-9,12-13,16,21H,10-11,14-15H2,1-2H3. The molecule has 1 saturated carbocycles. The van der Waals surface area contributed by atoms with E-state index >= 15 is 0 Å². The number of carbonyl (C=O) groups excluding carboxylic acids is 1. The Balaban J connectivity index is 1.64. The molecule has 1 aromatic heterocycles. The zero-order valence-electron chi connectivity index (χ0n) is 19.7. The molecule has 0 N–H and O–H groups in total.